The Kier molecular flexibility index (Phi) is 70.2. The number of hydrogen-bond acceptors (Lipinski definition) is 14. The monoisotopic (exact) mass is 1430 g/mol. The molecule has 0 aliphatic rings. The average Bonchev–Trinajstić information content (AvgIpc) is 1.73. The quantitative estimate of drug-likeness (QED) is 0.0146. The predicted octanol–water partition coefficient (Wildman–Crippen LogP) is 22.3. The van der Waals surface area contributed by atoms with E-state index in [1.54, 1.807) is 0 Å². The third kappa shape index (κ3) is 74.7. The summed E-state index contributed by atoms with van der Waals surface area (Å²) in [6.45, 7) is 2.42. The normalized spacial score (nSPS) is 14.8. The molecule has 0 aromatic rings. The molecule has 16 nitrogen and oxygen atoms in total. The summed E-state index contributed by atoms with van der Waals surface area (Å²) in [5, 5.41) is 20.6. The van der Waals surface area contributed by atoms with Crippen molar-refractivity contribution in [1.29, 1.82) is 0 Å². The number of phosphoric ester groups is 2. The second-order valence-electron chi connectivity index (χ2n) is 25.4. The van der Waals surface area contributed by atoms with Crippen LogP contribution >= 0.6 is 15.6 Å². The standard InChI is InChI=1S/C81H138O16P2/c1-4-7-10-13-16-19-22-25-28-30-32-33-34-35-36-37-38-39-40-41-43-45-47-49-52-55-58-61-64-67-79(84)91-70-76(82)71-93-98(87,88)94-72-77(83)73-95-99(89,90)96-75-78(97-81(86)69-66-63-60-57-54-51-46-27-24-21-18-15-12-9-6-3)74-92-80(85)68-65-62-59-56-53-50-48-44-42-31-29-26-23-20-17-14-11-8-5-2/h7-8,10-11,16-17,19-20,25-26,28-29,32-33,35-36,38-39,42,44,50,53,76-78,82-83H,4-6,9,12-15,18,21-24,27,30-31,34,37,40-41,43,45-49,51-52,54-75H2,1-3H3,(H,87,88)(H,89,90)/b10-7-,11-8-,19-16-,20-17-,28-25-,29-26-,33-32-,36-35-,39-38-,44-42-,53-50-. The van der Waals surface area contributed by atoms with Crippen molar-refractivity contribution in [3.8, 4) is 0 Å². The van der Waals surface area contributed by atoms with Crippen LogP contribution < -0.4 is 0 Å². The van der Waals surface area contributed by atoms with E-state index in [1.165, 1.54) is 96.3 Å². The van der Waals surface area contributed by atoms with Crippen molar-refractivity contribution < 1.29 is 75.8 Å². The number of carbonyl (C=O) groups is 3. The van der Waals surface area contributed by atoms with Crippen molar-refractivity contribution in [3.63, 3.8) is 0 Å². The molecule has 0 amide bonds. The molecule has 0 rings (SSSR count). The third-order valence-corrected chi connectivity index (χ3v) is 17.8. The fraction of sp³-hybridized carbons (Fsp3) is 0.691. The Hall–Kier alpha value is -4.31. The number of unbranched alkanes of at least 4 members (excludes halogenated alkanes) is 27. The molecule has 0 radical (unpaired) electrons. The minimum atomic E-state index is -4.94. The summed E-state index contributed by atoms with van der Waals surface area (Å²) < 4.78 is 61.1. The van der Waals surface area contributed by atoms with Crippen LogP contribution in [0.3, 0.4) is 0 Å². The average molecular weight is 1430 g/mol. The molecule has 4 N–H and O–H groups in total. The van der Waals surface area contributed by atoms with Crippen LogP contribution in [0.25, 0.3) is 0 Å². The lowest BCUT2D eigenvalue weighted by Crippen LogP contribution is -2.30. The van der Waals surface area contributed by atoms with Gasteiger partial charge in [-0.05, 0) is 116 Å². The topological polar surface area (TPSA) is 231 Å². The first-order chi connectivity index (χ1) is 48.2. The van der Waals surface area contributed by atoms with Crippen molar-refractivity contribution in [2.75, 3.05) is 39.6 Å². The van der Waals surface area contributed by atoms with E-state index in [0.29, 0.717) is 19.3 Å². The SMILES string of the molecule is CC/C=C\C/C=C\C/C=C\C/C=C\C/C=C\C/C=C\CCCCCCCCCCCCC(=O)OCC(O)COP(=O)(O)OCC(O)COP(=O)(O)OCC(COC(=O)CCCCC/C=C\C/C=C\C/C=C\C/C=C\C/C=C\CC)OC(=O)CCCCCCCCCCCCCCCCC. The van der Waals surface area contributed by atoms with E-state index in [-0.39, 0.29) is 19.3 Å². The molecule has 99 heavy (non-hydrogen) atoms. The molecule has 0 aromatic carbocycles. The van der Waals surface area contributed by atoms with Crippen LogP contribution in [0.4, 0.5) is 0 Å². The fourth-order valence-corrected chi connectivity index (χ4v) is 11.7. The lowest BCUT2D eigenvalue weighted by Gasteiger charge is -2.21. The summed E-state index contributed by atoms with van der Waals surface area (Å²) in [5.74, 6) is -1.61. The Bertz CT molecular complexity index is 2330. The van der Waals surface area contributed by atoms with Crippen molar-refractivity contribution in [3.05, 3.63) is 134 Å². The van der Waals surface area contributed by atoms with Crippen LogP contribution in [0.5, 0.6) is 0 Å². The minimum absolute atomic E-state index is 0.0979. The molecule has 0 aliphatic carbocycles. The summed E-state index contributed by atoms with van der Waals surface area (Å²) in [7, 11) is -9.80. The van der Waals surface area contributed by atoms with Gasteiger partial charge in [0.1, 0.15) is 25.4 Å². The summed E-state index contributed by atoms with van der Waals surface area (Å²) in [5.41, 5.74) is 0. The highest BCUT2D eigenvalue weighted by Gasteiger charge is 2.29. The van der Waals surface area contributed by atoms with E-state index in [4.69, 9.17) is 32.3 Å². The van der Waals surface area contributed by atoms with Gasteiger partial charge in [0.2, 0.25) is 0 Å². The second-order valence-corrected chi connectivity index (χ2v) is 28.3. The van der Waals surface area contributed by atoms with E-state index >= 15 is 0 Å². The summed E-state index contributed by atoms with van der Waals surface area (Å²) in [4.78, 5) is 58.6. The lowest BCUT2D eigenvalue weighted by atomic mass is 10.0. The first kappa shape index (κ1) is 94.7. The smallest absolute Gasteiger partial charge is 0.463 e. The van der Waals surface area contributed by atoms with Crippen molar-refractivity contribution in [2.45, 2.75) is 322 Å². The van der Waals surface area contributed by atoms with Gasteiger partial charge in [0, 0.05) is 19.3 Å². The zero-order valence-electron chi connectivity index (χ0n) is 61.9. The molecule has 0 fully saturated rings. The van der Waals surface area contributed by atoms with E-state index in [0.717, 1.165) is 148 Å². The van der Waals surface area contributed by atoms with E-state index < -0.39 is 91.5 Å². The molecular weight excluding hydrogens is 1290 g/mol. The third-order valence-electron chi connectivity index (χ3n) is 15.9. The molecule has 0 bridgehead atoms. The number of carbonyl (C=O) groups excluding carboxylic acids is 3. The first-order valence-electron chi connectivity index (χ1n) is 38.5. The Morgan fingerprint density at radius 1 is 0.293 bits per heavy atom. The largest absolute Gasteiger partial charge is 0.472 e. The Morgan fingerprint density at radius 3 is 0.859 bits per heavy atom. The minimum Gasteiger partial charge on any atom is -0.463 e. The lowest BCUT2D eigenvalue weighted by molar-refractivity contribution is -0.161. The number of rotatable bonds is 72. The maximum atomic E-state index is 13.0. The molecule has 0 spiro atoms. The van der Waals surface area contributed by atoms with Crippen LogP contribution in [0.1, 0.15) is 303 Å². The molecule has 568 valence electrons. The second kappa shape index (κ2) is 73.4. The Balaban J connectivity index is 4.56. The van der Waals surface area contributed by atoms with Crippen LogP contribution in [0, 0.1) is 0 Å². The van der Waals surface area contributed by atoms with Crippen molar-refractivity contribution in [1.82, 2.24) is 0 Å². The zero-order valence-corrected chi connectivity index (χ0v) is 63.7. The summed E-state index contributed by atoms with van der Waals surface area (Å²) >= 11 is 0. The fourth-order valence-electron chi connectivity index (χ4n) is 10.1. The van der Waals surface area contributed by atoms with Crippen LogP contribution in [-0.2, 0) is 55.8 Å². The molecule has 0 aliphatic heterocycles. The van der Waals surface area contributed by atoms with E-state index in [9.17, 15) is 43.5 Å². The van der Waals surface area contributed by atoms with E-state index in [1.807, 2.05) is 0 Å². The van der Waals surface area contributed by atoms with Gasteiger partial charge in [-0.2, -0.15) is 0 Å². The van der Waals surface area contributed by atoms with Gasteiger partial charge in [-0.15, -0.1) is 0 Å². The molecule has 0 saturated heterocycles. The number of ether oxygens (including phenoxy) is 3. The number of hydrogen-bond donors (Lipinski definition) is 4. The van der Waals surface area contributed by atoms with Gasteiger partial charge in [0.15, 0.2) is 6.10 Å². The molecule has 5 atom stereocenters. The van der Waals surface area contributed by atoms with Gasteiger partial charge in [-0.25, -0.2) is 9.13 Å². The Morgan fingerprint density at radius 2 is 0.535 bits per heavy atom. The number of aliphatic hydroxyl groups is 2. The highest BCUT2D eigenvalue weighted by atomic mass is 31.2. The molecular formula is C81H138O16P2. The summed E-state index contributed by atoms with van der Waals surface area (Å²) in [6.07, 6.45) is 87.8. The van der Waals surface area contributed by atoms with Crippen LogP contribution in [-0.4, -0.2) is 95.9 Å². The summed E-state index contributed by atoms with van der Waals surface area (Å²) in [6, 6.07) is 0. The number of phosphoric acid groups is 2. The highest BCUT2D eigenvalue weighted by molar-refractivity contribution is 7.47. The van der Waals surface area contributed by atoms with Gasteiger partial charge < -0.3 is 34.2 Å². The van der Waals surface area contributed by atoms with Gasteiger partial charge in [-0.1, -0.05) is 302 Å². The number of esters is 3. The first-order valence-corrected chi connectivity index (χ1v) is 41.5. The van der Waals surface area contributed by atoms with Gasteiger partial charge in [-0.3, -0.25) is 32.5 Å². The van der Waals surface area contributed by atoms with Crippen LogP contribution in [0.2, 0.25) is 0 Å². The Labute approximate surface area is 601 Å². The van der Waals surface area contributed by atoms with Crippen molar-refractivity contribution in [2.24, 2.45) is 0 Å². The maximum Gasteiger partial charge on any atom is 0.472 e. The van der Waals surface area contributed by atoms with Gasteiger partial charge in [0.05, 0.1) is 26.4 Å². The highest BCUT2D eigenvalue weighted by Crippen LogP contribution is 2.45. The van der Waals surface area contributed by atoms with Crippen molar-refractivity contribution >= 4 is 33.6 Å². The molecule has 0 aromatic heterocycles. The number of allylic oxidation sites excluding steroid dienone is 22. The molecule has 0 saturated carbocycles. The van der Waals surface area contributed by atoms with Gasteiger partial charge in [0.25, 0.3) is 0 Å². The molecule has 18 heteroatoms. The van der Waals surface area contributed by atoms with Crippen LogP contribution in [0.15, 0.2) is 134 Å². The molecule has 0 heterocycles. The number of aliphatic hydroxyl groups excluding tert-OH is 2. The maximum absolute atomic E-state index is 13.0. The van der Waals surface area contributed by atoms with E-state index in [2.05, 4.69) is 154 Å². The zero-order chi connectivity index (χ0) is 72.3. The molecule has 5 unspecified atom stereocenters. The predicted molar refractivity (Wildman–Crippen MR) is 408 cm³/mol. The van der Waals surface area contributed by atoms with Gasteiger partial charge >= 0.3 is 33.6 Å².